The maximum atomic E-state index is 13.2. The van der Waals surface area contributed by atoms with E-state index in [1.807, 2.05) is 20.8 Å². The van der Waals surface area contributed by atoms with Crippen molar-refractivity contribution in [1.29, 1.82) is 0 Å². The summed E-state index contributed by atoms with van der Waals surface area (Å²) in [5.74, 6) is -0.234. The van der Waals surface area contributed by atoms with E-state index in [4.69, 9.17) is 38.7 Å². The first kappa shape index (κ1) is 24.5. The molecule has 1 saturated heterocycles. The molecule has 0 radical (unpaired) electrons. The van der Waals surface area contributed by atoms with Gasteiger partial charge >= 0.3 is 0 Å². The summed E-state index contributed by atoms with van der Waals surface area (Å²) in [6, 6.07) is 10.3. The molecule has 0 spiro atoms. The first-order valence-electron chi connectivity index (χ1n) is 11.2. The Morgan fingerprint density at radius 1 is 1.29 bits per heavy atom. The average Bonchev–Trinajstić information content (AvgIpc) is 2.76. The van der Waals surface area contributed by atoms with Gasteiger partial charge in [0.05, 0.1) is 28.8 Å². The number of hydrogen-bond acceptors (Lipinski definition) is 5. The second kappa shape index (κ2) is 9.56. The van der Waals surface area contributed by atoms with Gasteiger partial charge in [0.2, 0.25) is 5.91 Å². The molecular formula is C25H28Cl2N4O3. The van der Waals surface area contributed by atoms with Crippen molar-refractivity contribution in [3.63, 3.8) is 0 Å². The molecule has 2 heterocycles. The molecule has 2 aliphatic rings. The summed E-state index contributed by atoms with van der Waals surface area (Å²) < 4.78 is 5.61. The van der Waals surface area contributed by atoms with Crippen LogP contribution in [-0.4, -0.2) is 41.4 Å². The summed E-state index contributed by atoms with van der Waals surface area (Å²) >= 11 is 12.8. The quantitative estimate of drug-likeness (QED) is 0.621. The van der Waals surface area contributed by atoms with Crippen molar-refractivity contribution in [2.75, 3.05) is 11.9 Å². The zero-order chi connectivity index (χ0) is 24.6. The molecule has 4 rings (SSSR count). The van der Waals surface area contributed by atoms with Crippen molar-refractivity contribution in [3.8, 4) is 0 Å². The lowest BCUT2D eigenvalue weighted by molar-refractivity contribution is -0.133. The fraction of sp³-hybridized carbons (Fsp3) is 0.400. The normalized spacial score (nSPS) is 25.1. The molecule has 2 aromatic carbocycles. The summed E-state index contributed by atoms with van der Waals surface area (Å²) in [5.41, 5.74) is 7.68. The number of halogens is 2. The molecule has 9 heteroatoms. The SMILES string of the molecule is Cc1cc(C(=O)Nc2cccc([C@]3(C)CC(=O)N([C@@H]4CCO[C@H](C)C4)C(N)=N3)c2Cl)ccc1Cl. The van der Waals surface area contributed by atoms with Crippen LogP contribution in [0.3, 0.4) is 0 Å². The Labute approximate surface area is 209 Å². The molecule has 180 valence electrons. The lowest BCUT2D eigenvalue weighted by atomic mass is 9.86. The van der Waals surface area contributed by atoms with Gasteiger partial charge < -0.3 is 15.8 Å². The average molecular weight is 503 g/mol. The van der Waals surface area contributed by atoms with Crippen LogP contribution in [0.5, 0.6) is 0 Å². The maximum Gasteiger partial charge on any atom is 0.255 e. The largest absolute Gasteiger partial charge is 0.378 e. The molecule has 3 atom stereocenters. The number of carbonyl (C=O) groups excluding carboxylic acids is 2. The van der Waals surface area contributed by atoms with Gasteiger partial charge in [-0.1, -0.05) is 35.3 Å². The molecular weight excluding hydrogens is 475 g/mol. The highest BCUT2D eigenvalue weighted by atomic mass is 35.5. The van der Waals surface area contributed by atoms with E-state index in [-0.39, 0.29) is 36.3 Å². The van der Waals surface area contributed by atoms with E-state index in [1.54, 1.807) is 41.3 Å². The van der Waals surface area contributed by atoms with Crippen LogP contribution < -0.4 is 11.1 Å². The minimum atomic E-state index is -0.955. The van der Waals surface area contributed by atoms with E-state index < -0.39 is 5.54 Å². The number of nitrogens with zero attached hydrogens (tertiary/aromatic N) is 2. The highest BCUT2D eigenvalue weighted by molar-refractivity contribution is 6.35. The number of amides is 2. The van der Waals surface area contributed by atoms with Crippen LogP contribution in [0.25, 0.3) is 0 Å². The Kier molecular flexibility index (Phi) is 6.90. The van der Waals surface area contributed by atoms with E-state index in [0.717, 1.165) is 12.0 Å². The number of ether oxygens (including phenoxy) is 1. The second-order valence-electron chi connectivity index (χ2n) is 9.13. The lowest BCUT2D eigenvalue weighted by Gasteiger charge is -2.41. The predicted octanol–water partition coefficient (Wildman–Crippen LogP) is 4.88. The summed E-state index contributed by atoms with van der Waals surface area (Å²) in [6.07, 6.45) is 1.61. The number of anilines is 1. The molecule has 2 amide bonds. The smallest absolute Gasteiger partial charge is 0.255 e. The fourth-order valence-corrected chi connectivity index (χ4v) is 5.13. The first-order valence-corrected chi connectivity index (χ1v) is 12.0. The summed E-state index contributed by atoms with van der Waals surface area (Å²) in [4.78, 5) is 32.4. The molecule has 0 unspecified atom stereocenters. The van der Waals surface area contributed by atoms with Crippen LogP contribution >= 0.6 is 23.2 Å². The highest BCUT2D eigenvalue weighted by Gasteiger charge is 2.42. The van der Waals surface area contributed by atoms with E-state index in [2.05, 4.69) is 5.32 Å². The Hall–Kier alpha value is -2.61. The fourth-order valence-electron chi connectivity index (χ4n) is 4.63. The minimum Gasteiger partial charge on any atom is -0.378 e. The van der Waals surface area contributed by atoms with Crippen molar-refractivity contribution in [2.24, 2.45) is 10.7 Å². The monoisotopic (exact) mass is 502 g/mol. The molecule has 0 bridgehead atoms. The van der Waals surface area contributed by atoms with Crippen molar-refractivity contribution in [3.05, 3.63) is 63.1 Å². The van der Waals surface area contributed by atoms with E-state index >= 15 is 0 Å². The van der Waals surface area contributed by atoms with Gasteiger partial charge in [-0.15, -0.1) is 0 Å². The van der Waals surface area contributed by atoms with E-state index in [1.165, 1.54) is 0 Å². The third-order valence-electron chi connectivity index (χ3n) is 6.44. The van der Waals surface area contributed by atoms with Crippen molar-refractivity contribution in [1.82, 2.24) is 4.90 Å². The van der Waals surface area contributed by atoms with Gasteiger partial charge in [0.25, 0.3) is 5.91 Å². The van der Waals surface area contributed by atoms with Crippen molar-refractivity contribution in [2.45, 2.75) is 57.7 Å². The number of guanidine groups is 1. The Morgan fingerprint density at radius 2 is 2.06 bits per heavy atom. The highest BCUT2D eigenvalue weighted by Crippen LogP contribution is 2.41. The Morgan fingerprint density at radius 3 is 2.74 bits per heavy atom. The Balaban J connectivity index is 1.61. The van der Waals surface area contributed by atoms with Gasteiger partial charge in [0.15, 0.2) is 5.96 Å². The zero-order valence-electron chi connectivity index (χ0n) is 19.4. The molecule has 1 fully saturated rings. The predicted molar refractivity (Wildman–Crippen MR) is 134 cm³/mol. The van der Waals surface area contributed by atoms with Crippen molar-refractivity contribution < 1.29 is 14.3 Å². The summed E-state index contributed by atoms with van der Waals surface area (Å²) in [6.45, 7) is 6.24. The third-order valence-corrected chi connectivity index (χ3v) is 7.27. The molecule has 2 aliphatic heterocycles. The molecule has 0 aliphatic carbocycles. The molecule has 7 nitrogen and oxygen atoms in total. The number of carbonyl (C=O) groups is 2. The third kappa shape index (κ3) is 4.78. The number of hydrogen-bond donors (Lipinski definition) is 2. The lowest BCUT2D eigenvalue weighted by Crippen LogP contribution is -2.56. The van der Waals surface area contributed by atoms with Crippen LogP contribution in [0.1, 0.15) is 54.6 Å². The van der Waals surface area contributed by atoms with Gasteiger partial charge in [-0.3, -0.25) is 14.5 Å². The van der Waals surface area contributed by atoms with Crippen LogP contribution in [0, 0.1) is 6.92 Å². The van der Waals surface area contributed by atoms with Crippen LogP contribution in [-0.2, 0) is 15.1 Å². The van der Waals surface area contributed by atoms with E-state index in [9.17, 15) is 9.59 Å². The molecule has 2 aromatic rings. The number of nitrogens with one attached hydrogen (secondary N) is 1. The number of aryl methyl sites for hydroxylation is 1. The van der Waals surface area contributed by atoms with Crippen LogP contribution in [0.2, 0.25) is 10.0 Å². The van der Waals surface area contributed by atoms with E-state index in [0.29, 0.717) is 39.9 Å². The number of benzene rings is 2. The molecule has 3 N–H and O–H groups in total. The van der Waals surface area contributed by atoms with Crippen LogP contribution in [0.15, 0.2) is 41.4 Å². The number of nitrogens with two attached hydrogens (primary N) is 1. The standard InChI is InChI=1S/C25H28Cl2N4O3/c1-14-11-16(7-8-19(14)26)23(33)29-20-6-4-5-18(22(20)27)25(3)13-21(32)31(24(28)30-25)17-9-10-34-15(2)12-17/h4-8,11,15,17H,9-10,12-13H2,1-3H3,(H2,28,30)(H,29,33)/t15-,17-,25+/m1/s1. The Bertz CT molecular complexity index is 1170. The van der Waals surface area contributed by atoms with Gasteiger partial charge in [-0.05, 0) is 63.4 Å². The number of rotatable bonds is 4. The zero-order valence-corrected chi connectivity index (χ0v) is 20.9. The van der Waals surface area contributed by atoms with Gasteiger partial charge in [0.1, 0.15) is 0 Å². The molecule has 0 saturated carbocycles. The van der Waals surface area contributed by atoms with Gasteiger partial charge in [-0.25, -0.2) is 4.99 Å². The second-order valence-corrected chi connectivity index (χ2v) is 9.91. The van der Waals surface area contributed by atoms with Crippen molar-refractivity contribution >= 4 is 46.7 Å². The number of aliphatic imine (C=N–C) groups is 1. The summed E-state index contributed by atoms with van der Waals surface area (Å²) in [7, 11) is 0. The first-order chi connectivity index (χ1) is 16.1. The molecule has 34 heavy (non-hydrogen) atoms. The maximum absolute atomic E-state index is 13.2. The van der Waals surface area contributed by atoms with Crippen LogP contribution in [0.4, 0.5) is 5.69 Å². The summed E-state index contributed by atoms with van der Waals surface area (Å²) in [5, 5.41) is 3.76. The minimum absolute atomic E-state index is 0.0338. The topological polar surface area (TPSA) is 97.0 Å². The molecule has 0 aromatic heterocycles. The van der Waals surface area contributed by atoms with Gasteiger partial charge in [-0.2, -0.15) is 0 Å². The van der Waals surface area contributed by atoms with Gasteiger partial charge in [0, 0.05) is 28.8 Å².